The molecule has 1 aliphatic carbocycles. The first-order chi connectivity index (χ1) is 12.2. The molecule has 1 aliphatic rings. The van der Waals surface area contributed by atoms with Crippen molar-refractivity contribution in [3.05, 3.63) is 77.3 Å². The average molecular weight is 331 g/mol. The van der Waals surface area contributed by atoms with Crippen molar-refractivity contribution in [2.45, 2.75) is 38.6 Å². The quantitative estimate of drug-likeness (QED) is 0.746. The van der Waals surface area contributed by atoms with Crippen molar-refractivity contribution in [1.29, 1.82) is 0 Å². The van der Waals surface area contributed by atoms with Crippen LogP contribution >= 0.6 is 0 Å². The Hall–Kier alpha value is -2.55. The van der Waals surface area contributed by atoms with Gasteiger partial charge in [0.25, 0.3) is 0 Å². The van der Waals surface area contributed by atoms with E-state index in [0.717, 1.165) is 30.7 Å². The summed E-state index contributed by atoms with van der Waals surface area (Å²) >= 11 is 0. The Morgan fingerprint density at radius 1 is 1.12 bits per heavy atom. The monoisotopic (exact) mass is 331 g/mol. The number of hydrogen-bond donors (Lipinski definition) is 2. The minimum atomic E-state index is 0.0784. The molecule has 0 spiro atoms. The van der Waals surface area contributed by atoms with Gasteiger partial charge in [0, 0.05) is 23.1 Å². The summed E-state index contributed by atoms with van der Waals surface area (Å²) in [5.41, 5.74) is 5.09. The molecule has 2 aromatic carbocycles. The number of benzene rings is 2. The van der Waals surface area contributed by atoms with E-state index in [4.69, 9.17) is 0 Å². The number of aryl methyl sites for hydroxylation is 1. The van der Waals surface area contributed by atoms with E-state index in [1.165, 1.54) is 22.1 Å². The van der Waals surface area contributed by atoms with Crippen molar-refractivity contribution in [2.24, 2.45) is 0 Å². The van der Waals surface area contributed by atoms with Crippen molar-refractivity contribution >= 4 is 16.8 Å². The van der Waals surface area contributed by atoms with Gasteiger partial charge in [-0.25, -0.2) is 0 Å². The van der Waals surface area contributed by atoms with E-state index in [1.54, 1.807) is 0 Å². The summed E-state index contributed by atoms with van der Waals surface area (Å²) in [5, 5.41) is 4.43. The Labute approximate surface area is 148 Å². The van der Waals surface area contributed by atoms with Gasteiger partial charge in [0.05, 0.1) is 5.92 Å². The Morgan fingerprint density at radius 2 is 1.88 bits per heavy atom. The van der Waals surface area contributed by atoms with Crippen LogP contribution in [0.4, 0.5) is 0 Å². The summed E-state index contributed by atoms with van der Waals surface area (Å²) in [4.78, 5) is 15.9. The summed E-state index contributed by atoms with van der Waals surface area (Å²) in [6, 6.07) is 17.0. The second-order valence-corrected chi connectivity index (χ2v) is 7.00. The molecule has 4 rings (SSSR count). The molecule has 25 heavy (non-hydrogen) atoms. The molecular formula is C22H23N2O. The van der Waals surface area contributed by atoms with Crippen LogP contribution < -0.4 is 5.32 Å². The molecular weight excluding hydrogens is 308 g/mol. The summed E-state index contributed by atoms with van der Waals surface area (Å²) in [5.74, 6) is 0.943. The van der Waals surface area contributed by atoms with Gasteiger partial charge in [0.15, 0.2) is 0 Å². The third kappa shape index (κ3) is 3.32. The van der Waals surface area contributed by atoms with Crippen molar-refractivity contribution in [3.8, 4) is 0 Å². The molecule has 1 unspecified atom stereocenters. The number of carbonyl (C=O) groups is 1. The Balaban J connectivity index is 1.40. The number of nitrogens with one attached hydrogen (secondary N) is 2. The number of rotatable bonds is 4. The van der Waals surface area contributed by atoms with Crippen LogP contribution in [-0.4, -0.2) is 16.9 Å². The highest BCUT2D eigenvalue weighted by Gasteiger charge is 2.23. The van der Waals surface area contributed by atoms with Crippen LogP contribution in [0.3, 0.4) is 0 Å². The number of aromatic nitrogens is 1. The number of hydrogen-bond acceptors (Lipinski definition) is 1. The highest BCUT2D eigenvalue weighted by atomic mass is 16.1. The van der Waals surface area contributed by atoms with Crippen LogP contribution in [-0.2, 0) is 24.1 Å². The fourth-order valence-corrected chi connectivity index (χ4v) is 3.77. The lowest BCUT2D eigenvalue weighted by molar-refractivity contribution is -0.120. The fraction of sp³-hybridized carbons (Fsp3) is 0.273. The molecule has 3 nitrogen and oxygen atoms in total. The van der Waals surface area contributed by atoms with Crippen molar-refractivity contribution < 1.29 is 4.79 Å². The number of carbonyl (C=O) groups excluding carboxylic acids is 1. The van der Waals surface area contributed by atoms with E-state index in [-0.39, 0.29) is 11.9 Å². The van der Waals surface area contributed by atoms with Crippen LogP contribution in [0.5, 0.6) is 0 Å². The molecule has 1 amide bonds. The SMILES string of the molecule is C[C](Cc1c[nH]c2ccccc12)C(=O)NC1CCc2ccccc2C1. The van der Waals surface area contributed by atoms with E-state index < -0.39 is 0 Å². The summed E-state index contributed by atoms with van der Waals surface area (Å²) in [6.45, 7) is 1.94. The van der Waals surface area contributed by atoms with Gasteiger partial charge in [0.2, 0.25) is 5.91 Å². The molecule has 1 heterocycles. The van der Waals surface area contributed by atoms with Crippen LogP contribution in [0.15, 0.2) is 54.7 Å². The molecule has 1 atom stereocenters. The molecule has 0 aliphatic heterocycles. The minimum Gasteiger partial charge on any atom is -0.361 e. The van der Waals surface area contributed by atoms with E-state index in [9.17, 15) is 4.79 Å². The second-order valence-electron chi connectivity index (χ2n) is 7.00. The summed E-state index contributed by atoms with van der Waals surface area (Å²) in [6.07, 6.45) is 5.69. The van der Waals surface area contributed by atoms with Gasteiger partial charge in [-0.15, -0.1) is 0 Å². The zero-order valence-corrected chi connectivity index (χ0v) is 14.5. The zero-order valence-electron chi connectivity index (χ0n) is 14.5. The van der Waals surface area contributed by atoms with Crippen molar-refractivity contribution in [1.82, 2.24) is 10.3 Å². The van der Waals surface area contributed by atoms with Crippen molar-refractivity contribution in [2.75, 3.05) is 0 Å². The van der Waals surface area contributed by atoms with Gasteiger partial charge in [-0.1, -0.05) is 42.5 Å². The lowest BCUT2D eigenvalue weighted by Crippen LogP contribution is -2.41. The number of amides is 1. The molecule has 3 heteroatoms. The first-order valence-corrected chi connectivity index (χ1v) is 8.96. The molecule has 3 aromatic rings. The number of fused-ring (bicyclic) bond motifs is 2. The summed E-state index contributed by atoms with van der Waals surface area (Å²) < 4.78 is 0. The molecule has 127 valence electrons. The number of H-pyrrole nitrogens is 1. The molecule has 0 fully saturated rings. The Kier molecular flexibility index (Phi) is 4.31. The molecule has 0 bridgehead atoms. The van der Waals surface area contributed by atoms with Gasteiger partial charge < -0.3 is 10.3 Å². The lowest BCUT2D eigenvalue weighted by atomic mass is 9.88. The van der Waals surface area contributed by atoms with Gasteiger partial charge in [0.1, 0.15) is 0 Å². The lowest BCUT2D eigenvalue weighted by Gasteiger charge is -2.26. The molecule has 1 aromatic heterocycles. The normalized spacial score (nSPS) is 16.8. The van der Waals surface area contributed by atoms with Gasteiger partial charge in [-0.2, -0.15) is 0 Å². The molecule has 1 radical (unpaired) electrons. The van der Waals surface area contributed by atoms with Crippen LogP contribution in [0.25, 0.3) is 10.9 Å². The molecule has 0 saturated heterocycles. The van der Waals surface area contributed by atoms with Crippen LogP contribution in [0, 0.1) is 5.92 Å². The van der Waals surface area contributed by atoms with Crippen molar-refractivity contribution in [3.63, 3.8) is 0 Å². The predicted octanol–water partition coefficient (Wildman–Crippen LogP) is 3.98. The smallest absolute Gasteiger partial charge is 0.227 e. The maximum absolute atomic E-state index is 12.6. The predicted molar refractivity (Wildman–Crippen MR) is 101 cm³/mol. The average Bonchev–Trinajstić information content (AvgIpc) is 3.04. The summed E-state index contributed by atoms with van der Waals surface area (Å²) in [7, 11) is 0. The standard InChI is InChI=1S/C22H23N2O/c1-15(12-18-14-23-21-9-5-4-8-20(18)21)22(25)24-19-11-10-16-6-2-3-7-17(16)13-19/h2-9,14,19,23H,10-13H2,1H3,(H,24,25). The first kappa shape index (κ1) is 15.9. The van der Waals surface area contributed by atoms with E-state index >= 15 is 0 Å². The Bertz CT molecular complexity index is 896. The number of aromatic amines is 1. The van der Waals surface area contributed by atoms with E-state index in [1.807, 2.05) is 25.3 Å². The molecule has 2 N–H and O–H groups in total. The van der Waals surface area contributed by atoms with Crippen LogP contribution in [0.2, 0.25) is 0 Å². The van der Waals surface area contributed by atoms with E-state index in [2.05, 4.69) is 46.7 Å². The van der Waals surface area contributed by atoms with E-state index in [0.29, 0.717) is 6.42 Å². The largest absolute Gasteiger partial charge is 0.361 e. The molecule has 0 saturated carbocycles. The highest BCUT2D eigenvalue weighted by Crippen LogP contribution is 2.23. The second kappa shape index (κ2) is 6.75. The highest BCUT2D eigenvalue weighted by molar-refractivity contribution is 5.91. The van der Waals surface area contributed by atoms with Gasteiger partial charge in [-0.05, 0) is 55.4 Å². The Morgan fingerprint density at radius 3 is 2.76 bits per heavy atom. The van der Waals surface area contributed by atoms with Gasteiger partial charge in [-0.3, -0.25) is 4.79 Å². The van der Waals surface area contributed by atoms with Crippen LogP contribution in [0.1, 0.15) is 30.0 Å². The fourth-order valence-electron chi connectivity index (χ4n) is 3.77. The first-order valence-electron chi connectivity index (χ1n) is 8.96. The zero-order chi connectivity index (χ0) is 17.2. The third-order valence-corrected chi connectivity index (χ3v) is 5.20. The van der Waals surface area contributed by atoms with Gasteiger partial charge >= 0.3 is 0 Å². The number of para-hydroxylation sites is 1. The topological polar surface area (TPSA) is 44.9 Å². The maximum atomic E-state index is 12.6. The third-order valence-electron chi connectivity index (χ3n) is 5.20. The maximum Gasteiger partial charge on any atom is 0.227 e. The minimum absolute atomic E-state index is 0.0784.